The van der Waals surface area contributed by atoms with Crippen LogP contribution in [0.2, 0.25) is 0 Å². The molecular weight excluding hydrogens is 534 g/mol. The number of hydrogen-bond acceptors (Lipinski definition) is 4. The fraction of sp³-hybridized carbons (Fsp3) is 0.682. The molecule has 32 heavy (non-hydrogen) atoms. The fourth-order valence-electron chi connectivity index (χ4n) is 4.21. The Labute approximate surface area is 206 Å². The lowest BCUT2D eigenvalue weighted by Gasteiger charge is -2.35. The van der Waals surface area contributed by atoms with Crippen molar-refractivity contribution in [1.29, 1.82) is 0 Å². The van der Waals surface area contributed by atoms with Gasteiger partial charge in [0, 0.05) is 71.1 Å². The van der Waals surface area contributed by atoms with Gasteiger partial charge in [-0.05, 0) is 44.2 Å². The second kappa shape index (κ2) is 12.3. The Morgan fingerprint density at radius 1 is 1.19 bits per heavy atom. The van der Waals surface area contributed by atoms with Gasteiger partial charge in [-0.15, -0.1) is 24.0 Å². The Morgan fingerprint density at radius 2 is 1.91 bits per heavy atom. The van der Waals surface area contributed by atoms with Crippen molar-refractivity contribution >= 4 is 35.6 Å². The Kier molecular flexibility index (Phi) is 10.3. The third-order valence-electron chi connectivity index (χ3n) is 6.04. The molecule has 0 radical (unpaired) electrons. The molecule has 1 N–H and O–H groups in total. The van der Waals surface area contributed by atoms with Gasteiger partial charge in [-0.25, -0.2) is 0 Å². The second-order valence-electron chi connectivity index (χ2n) is 8.29. The van der Waals surface area contributed by atoms with E-state index in [-0.39, 0.29) is 24.0 Å². The van der Waals surface area contributed by atoms with E-state index < -0.39 is 11.7 Å². The number of halogens is 4. The van der Waals surface area contributed by atoms with Crippen LogP contribution in [0, 0.1) is 5.92 Å². The van der Waals surface area contributed by atoms with E-state index >= 15 is 0 Å². The van der Waals surface area contributed by atoms with Crippen LogP contribution in [0.3, 0.4) is 0 Å². The van der Waals surface area contributed by atoms with E-state index in [0.29, 0.717) is 24.6 Å². The van der Waals surface area contributed by atoms with E-state index in [1.54, 1.807) is 13.1 Å². The van der Waals surface area contributed by atoms with Crippen LogP contribution in [0.4, 0.5) is 18.9 Å². The maximum absolute atomic E-state index is 13.4. The van der Waals surface area contributed by atoms with Crippen LogP contribution in [0.1, 0.15) is 24.5 Å². The van der Waals surface area contributed by atoms with Gasteiger partial charge in [0.2, 0.25) is 0 Å². The van der Waals surface area contributed by atoms with E-state index in [4.69, 9.17) is 4.74 Å². The number of benzene rings is 1. The normalized spacial score (nSPS) is 20.4. The maximum Gasteiger partial charge on any atom is 0.416 e. The molecule has 2 saturated heterocycles. The topological polar surface area (TPSA) is 43.3 Å². The molecule has 0 amide bonds. The summed E-state index contributed by atoms with van der Waals surface area (Å²) in [6.07, 6.45) is -3.34. The molecule has 3 rings (SSSR count). The van der Waals surface area contributed by atoms with Crippen LogP contribution >= 0.6 is 24.0 Å². The van der Waals surface area contributed by atoms with Gasteiger partial charge in [0.05, 0.1) is 12.2 Å². The first-order valence-corrected chi connectivity index (χ1v) is 11.0. The van der Waals surface area contributed by atoms with Crippen molar-refractivity contribution in [2.45, 2.75) is 26.1 Å². The van der Waals surface area contributed by atoms with Crippen molar-refractivity contribution in [3.8, 4) is 0 Å². The van der Waals surface area contributed by atoms with Crippen LogP contribution in [-0.4, -0.2) is 82.3 Å². The van der Waals surface area contributed by atoms with E-state index in [1.165, 1.54) is 12.1 Å². The summed E-state index contributed by atoms with van der Waals surface area (Å²) in [7, 11) is 3.77. The summed E-state index contributed by atoms with van der Waals surface area (Å²) in [5.41, 5.74) is 0.889. The Balaban J connectivity index is 0.00000363. The number of nitrogens with one attached hydrogen (secondary N) is 1. The van der Waals surface area contributed by atoms with Crippen LogP contribution in [0.25, 0.3) is 0 Å². The first-order valence-electron chi connectivity index (χ1n) is 11.0. The highest BCUT2D eigenvalue weighted by Crippen LogP contribution is 2.33. The summed E-state index contributed by atoms with van der Waals surface area (Å²) in [6, 6.07) is 4.07. The number of alkyl halides is 3. The predicted octanol–water partition coefficient (Wildman–Crippen LogP) is 3.51. The zero-order valence-electron chi connectivity index (χ0n) is 19.1. The number of hydrogen-bond donors (Lipinski definition) is 1. The molecule has 0 aromatic heterocycles. The minimum Gasteiger partial charge on any atom is -0.381 e. The summed E-state index contributed by atoms with van der Waals surface area (Å²) in [4.78, 5) is 10.9. The smallest absolute Gasteiger partial charge is 0.381 e. The molecule has 2 heterocycles. The lowest BCUT2D eigenvalue weighted by atomic mass is 10.1. The molecule has 1 atom stereocenters. The van der Waals surface area contributed by atoms with Crippen LogP contribution in [-0.2, 0) is 17.5 Å². The molecule has 2 aliphatic rings. The number of nitrogens with zero attached hydrogens (tertiary/aromatic N) is 4. The number of rotatable bonds is 6. The van der Waals surface area contributed by atoms with Crippen molar-refractivity contribution < 1.29 is 17.9 Å². The monoisotopic (exact) mass is 569 g/mol. The molecular formula is C22H35F3IN5O. The Bertz CT molecular complexity index is 754. The van der Waals surface area contributed by atoms with Gasteiger partial charge < -0.3 is 24.8 Å². The van der Waals surface area contributed by atoms with E-state index in [9.17, 15) is 13.2 Å². The largest absolute Gasteiger partial charge is 0.416 e. The summed E-state index contributed by atoms with van der Waals surface area (Å²) < 4.78 is 45.6. The quantitative estimate of drug-likeness (QED) is 0.323. The van der Waals surface area contributed by atoms with Crippen LogP contribution in [0.5, 0.6) is 0 Å². The molecule has 1 unspecified atom stereocenters. The third kappa shape index (κ3) is 7.11. The summed E-state index contributed by atoms with van der Waals surface area (Å²) in [6.45, 7) is 8.81. The van der Waals surface area contributed by atoms with Crippen molar-refractivity contribution in [2.75, 3.05) is 71.5 Å². The third-order valence-corrected chi connectivity index (χ3v) is 6.04. The Morgan fingerprint density at radius 3 is 2.53 bits per heavy atom. The number of piperazine rings is 1. The fourth-order valence-corrected chi connectivity index (χ4v) is 4.21. The van der Waals surface area contributed by atoms with Crippen LogP contribution < -0.4 is 10.2 Å². The number of aliphatic imine (C=N–C) groups is 1. The first kappa shape index (κ1) is 27.0. The second-order valence-corrected chi connectivity index (χ2v) is 8.29. The summed E-state index contributed by atoms with van der Waals surface area (Å²) in [5.74, 6) is 1.17. The molecule has 10 heteroatoms. The molecule has 1 aromatic rings. The summed E-state index contributed by atoms with van der Waals surface area (Å²) >= 11 is 0. The highest BCUT2D eigenvalue weighted by atomic mass is 127. The van der Waals surface area contributed by atoms with Gasteiger partial charge in [-0.2, -0.15) is 13.2 Å². The van der Waals surface area contributed by atoms with E-state index in [1.807, 2.05) is 6.92 Å². The molecule has 0 spiro atoms. The van der Waals surface area contributed by atoms with Crippen molar-refractivity contribution in [1.82, 2.24) is 15.1 Å². The molecule has 2 fully saturated rings. The SMILES string of the molecule is CCOCC1CCN(C(=NC)NCc2cc(C(F)(F)F)ccc2N2CCN(C)CC2)C1.I. The highest BCUT2D eigenvalue weighted by molar-refractivity contribution is 14.0. The van der Waals surface area contributed by atoms with Gasteiger partial charge in [0.1, 0.15) is 0 Å². The molecule has 0 bridgehead atoms. The molecule has 182 valence electrons. The summed E-state index contributed by atoms with van der Waals surface area (Å²) in [5, 5.41) is 3.30. The van der Waals surface area contributed by atoms with Gasteiger partial charge in [0.15, 0.2) is 5.96 Å². The van der Waals surface area contributed by atoms with Gasteiger partial charge in [-0.1, -0.05) is 0 Å². The average Bonchev–Trinajstić information content (AvgIpc) is 3.21. The van der Waals surface area contributed by atoms with Gasteiger partial charge in [-0.3, -0.25) is 4.99 Å². The number of anilines is 1. The lowest BCUT2D eigenvalue weighted by Crippen LogP contribution is -2.45. The molecule has 2 aliphatic heterocycles. The highest BCUT2D eigenvalue weighted by Gasteiger charge is 2.32. The van der Waals surface area contributed by atoms with Gasteiger partial charge in [0.25, 0.3) is 0 Å². The van der Waals surface area contributed by atoms with Gasteiger partial charge >= 0.3 is 6.18 Å². The minimum atomic E-state index is -4.36. The standard InChI is InChI=1S/C22H34F3N5O.HI/c1-4-31-16-17-7-8-30(15-17)21(26-2)27-14-18-13-19(22(23,24)25)5-6-20(18)29-11-9-28(3)10-12-29;/h5-6,13,17H,4,7-12,14-16H2,1-3H3,(H,26,27);1H. The minimum absolute atomic E-state index is 0. The predicted molar refractivity (Wildman–Crippen MR) is 133 cm³/mol. The number of likely N-dealkylation sites (tertiary alicyclic amines) is 1. The molecule has 0 saturated carbocycles. The maximum atomic E-state index is 13.4. The molecule has 1 aromatic carbocycles. The molecule has 0 aliphatic carbocycles. The van der Waals surface area contributed by atoms with E-state index in [2.05, 4.69) is 32.1 Å². The average molecular weight is 569 g/mol. The molecule has 6 nitrogen and oxygen atoms in total. The Hall–Kier alpha value is -1.27. The van der Waals surface area contributed by atoms with Crippen molar-refractivity contribution in [3.05, 3.63) is 29.3 Å². The number of likely N-dealkylation sites (N-methyl/N-ethyl adjacent to an activating group) is 1. The number of ether oxygens (including phenoxy) is 1. The lowest BCUT2D eigenvalue weighted by molar-refractivity contribution is -0.137. The zero-order valence-corrected chi connectivity index (χ0v) is 21.5. The van der Waals surface area contributed by atoms with Crippen LogP contribution in [0.15, 0.2) is 23.2 Å². The van der Waals surface area contributed by atoms with E-state index in [0.717, 1.165) is 63.9 Å². The zero-order chi connectivity index (χ0) is 22.4. The first-order chi connectivity index (χ1) is 14.8. The van der Waals surface area contributed by atoms with Crippen molar-refractivity contribution in [3.63, 3.8) is 0 Å². The number of guanidine groups is 1. The van der Waals surface area contributed by atoms with Crippen molar-refractivity contribution in [2.24, 2.45) is 10.9 Å².